The smallest absolute Gasteiger partial charge is 0.326 e. The highest BCUT2D eigenvalue weighted by Crippen LogP contribution is 2.33. The first-order valence-electron chi connectivity index (χ1n) is 15.3. The minimum atomic E-state index is -0.914. The van der Waals surface area contributed by atoms with Crippen molar-refractivity contribution in [2.75, 3.05) is 23.4 Å². The Hall–Kier alpha value is -4.78. The number of nitrogens with zero attached hydrogens (tertiary/aromatic N) is 1. The summed E-state index contributed by atoms with van der Waals surface area (Å²) in [5.74, 6) is 0.811. The van der Waals surface area contributed by atoms with E-state index < -0.39 is 12.0 Å². The second-order valence-corrected chi connectivity index (χ2v) is 11.3. The van der Waals surface area contributed by atoms with E-state index in [1.807, 2.05) is 115 Å². The van der Waals surface area contributed by atoms with E-state index in [0.717, 1.165) is 41.8 Å². The zero-order chi connectivity index (χ0) is 30.7. The number of hydrogen-bond donors (Lipinski definition) is 2. The summed E-state index contributed by atoms with van der Waals surface area (Å²) < 4.78 is 12.0. The number of carboxylic acids is 1. The Morgan fingerprint density at radius 1 is 0.864 bits per heavy atom. The van der Waals surface area contributed by atoms with Crippen LogP contribution in [0, 0.1) is 12.8 Å². The van der Waals surface area contributed by atoms with Gasteiger partial charge in [-0.3, -0.25) is 4.79 Å². The SMILES string of the molecule is Cc1ccc(N(CCCOc2ccc(CCC(Nc3ccccc3OCc3ccccc3)C(=O)O)cc2)C(=O)C2CC2)cc1. The molecule has 1 aliphatic carbocycles. The zero-order valence-electron chi connectivity index (χ0n) is 25.2. The number of carboxylic acid groups (broad SMARTS) is 1. The molecule has 7 heteroatoms. The summed E-state index contributed by atoms with van der Waals surface area (Å²) in [5.41, 5.74) is 4.83. The fourth-order valence-electron chi connectivity index (χ4n) is 5.01. The molecule has 0 aliphatic heterocycles. The van der Waals surface area contributed by atoms with Crippen LogP contribution >= 0.6 is 0 Å². The number of rotatable bonds is 16. The van der Waals surface area contributed by atoms with Crippen LogP contribution in [0.15, 0.2) is 103 Å². The van der Waals surface area contributed by atoms with E-state index in [2.05, 4.69) is 5.32 Å². The monoisotopic (exact) mass is 592 g/mol. The van der Waals surface area contributed by atoms with E-state index in [4.69, 9.17) is 9.47 Å². The lowest BCUT2D eigenvalue weighted by Crippen LogP contribution is -2.33. The molecule has 0 spiro atoms. The molecule has 1 aliphatic rings. The molecule has 1 amide bonds. The van der Waals surface area contributed by atoms with E-state index in [1.54, 1.807) is 0 Å². The fraction of sp³-hybridized carbons (Fsp3) is 0.297. The highest BCUT2D eigenvalue weighted by Gasteiger charge is 2.33. The molecule has 0 aromatic heterocycles. The van der Waals surface area contributed by atoms with Gasteiger partial charge in [-0.15, -0.1) is 0 Å². The molecule has 7 nitrogen and oxygen atoms in total. The van der Waals surface area contributed by atoms with Gasteiger partial charge in [0, 0.05) is 18.2 Å². The Bertz CT molecular complexity index is 1500. The maximum Gasteiger partial charge on any atom is 0.326 e. The van der Waals surface area contributed by atoms with Gasteiger partial charge in [0.2, 0.25) is 5.91 Å². The van der Waals surface area contributed by atoms with Gasteiger partial charge in [0.05, 0.1) is 12.3 Å². The van der Waals surface area contributed by atoms with Gasteiger partial charge >= 0.3 is 5.97 Å². The maximum atomic E-state index is 12.9. The Labute approximate surface area is 259 Å². The quantitative estimate of drug-likeness (QED) is 0.133. The molecular weight excluding hydrogens is 552 g/mol. The predicted molar refractivity (Wildman–Crippen MR) is 173 cm³/mol. The zero-order valence-corrected chi connectivity index (χ0v) is 25.2. The van der Waals surface area contributed by atoms with E-state index in [0.29, 0.717) is 44.0 Å². The number of amides is 1. The molecule has 228 valence electrons. The van der Waals surface area contributed by atoms with Crippen LogP contribution in [-0.4, -0.2) is 36.2 Å². The van der Waals surface area contributed by atoms with Crippen molar-refractivity contribution in [3.05, 3.63) is 120 Å². The van der Waals surface area contributed by atoms with Gasteiger partial charge in [-0.2, -0.15) is 0 Å². The molecule has 1 atom stereocenters. The number of para-hydroxylation sites is 2. The summed E-state index contributed by atoms with van der Waals surface area (Å²) in [4.78, 5) is 26.9. The van der Waals surface area contributed by atoms with Crippen molar-refractivity contribution in [1.82, 2.24) is 0 Å². The number of ether oxygens (including phenoxy) is 2. The van der Waals surface area contributed by atoms with Crippen molar-refractivity contribution in [3.63, 3.8) is 0 Å². The van der Waals surface area contributed by atoms with Crippen molar-refractivity contribution >= 4 is 23.3 Å². The first-order chi connectivity index (χ1) is 21.5. The molecule has 0 saturated heterocycles. The molecule has 4 aromatic carbocycles. The third-order valence-corrected chi connectivity index (χ3v) is 7.73. The van der Waals surface area contributed by atoms with Crippen LogP contribution in [0.4, 0.5) is 11.4 Å². The Morgan fingerprint density at radius 2 is 1.57 bits per heavy atom. The number of carbonyl (C=O) groups is 2. The predicted octanol–water partition coefficient (Wildman–Crippen LogP) is 7.28. The topological polar surface area (TPSA) is 88.1 Å². The van der Waals surface area contributed by atoms with Crippen LogP contribution in [0.25, 0.3) is 0 Å². The summed E-state index contributed by atoms with van der Waals surface area (Å²) in [7, 11) is 0. The Morgan fingerprint density at radius 3 is 2.27 bits per heavy atom. The van der Waals surface area contributed by atoms with Crippen molar-refractivity contribution < 1.29 is 24.2 Å². The first kappa shape index (κ1) is 30.7. The molecule has 2 N–H and O–H groups in total. The number of anilines is 2. The number of carbonyl (C=O) groups excluding carboxylic acids is 1. The molecule has 1 unspecified atom stereocenters. The molecule has 1 fully saturated rings. The number of aliphatic carboxylic acids is 1. The second kappa shape index (κ2) is 15.1. The van der Waals surface area contributed by atoms with E-state index in [-0.39, 0.29) is 11.8 Å². The van der Waals surface area contributed by atoms with Crippen molar-refractivity contribution in [2.24, 2.45) is 5.92 Å². The standard InChI is InChI=1S/C37H40N2O5/c1-27-12-19-31(20-13-27)39(36(40)30-17-18-30)24-7-25-43-32-21-14-28(15-22-32)16-23-34(37(41)42)38-33-10-5-6-11-35(33)44-26-29-8-3-2-4-9-29/h2-6,8-15,19-22,30,34,38H,7,16-18,23-26H2,1H3,(H,41,42). The van der Waals surface area contributed by atoms with Crippen LogP contribution in [0.1, 0.15) is 42.4 Å². The normalized spacial score (nSPS) is 13.1. The lowest BCUT2D eigenvalue weighted by atomic mass is 10.0. The van der Waals surface area contributed by atoms with E-state index in [1.165, 1.54) is 5.56 Å². The molecule has 4 aromatic rings. The third kappa shape index (κ3) is 8.86. The molecule has 0 radical (unpaired) electrons. The first-order valence-corrected chi connectivity index (χ1v) is 15.3. The number of hydrogen-bond acceptors (Lipinski definition) is 5. The summed E-state index contributed by atoms with van der Waals surface area (Å²) in [6.07, 6.45) is 3.67. The van der Waals surface area contributed by atoms with Gasteiger partial charge < -0.3 is 24.8 Å². The summed E-state index contributed by atoms with van der Waals surface area (Å²) >= 11 is 0. The summed E-state index contributed by atoms with van der Waals surface area (Å²) in [6, 6.07) is 32.4. The van der Waals surface area contributed by atoms with E-state index in [9.17, 15) is 14.7 Å². The van der Waals surface area contributed by atoms with Crippen LogP contribution in [-0.2, 0) is 22.6 Å². The molecule has 1 saturated carbocycles. The average Bonchev–Trinajstić information content (AvgIpc) is 3.90. The van der Waals surface area contributed by atoms with Crippen LogP contribution in [0.3, 0.4) is 0 Å². The highest BCUT2D eigenvalue weighted by atomic mass is 16.5. The van der Waals surface area contributed by atoms with E-state index >= 15 is 0 Å². The second-order valence-electron chi connectivity index (χ2n) is 11.3. The molecule has 0 bridgehead atoms. The van der Waals surface area contributed by atoms with Crippen molar-refractivity contribution in [2.45, 2.75) is 51.7 Å². The van der Waals surface area contributed by atoms with Crippen molar-refractivity contribution in [3.8, 4) is 11.5 Å². The molecule has 5 rings (SSSR count). The highest BCUT2D eigenvalue weighted by molar-refractivity contribution is 5.96. The number of nitrogens with one attached hydrogen (secondary N) is 1. The summed E-state index contributed by atoms with van der Waals surface area (Å²) in [5, 5.41) is 13.1. The molecule has 44 heavy (non-hydrogen) atoms. The number of aryl methyl sites for hydroxylation is 2. The van der Waals surface area contributed by atoms with Crippen LogP contribution < -0.4 is 19.7 Å². The fourth-order valence-corrected chi connectivity index (χ4v) is 5.01. The number of benzene rings is 4. The third-order valence-electron chi connectivity index (χ3n) is 7.73. The van der Waals surface area contributed by atoms with Crippen molar-refractivity contribution in [1.29, 1.82) is 0 Å². The van der Waals surface area contributed by atoms with Gasteiger partial charge in [0.15, 0.2) is 0 Å². The minimum Gasteiger partial charge on any atom is -0.494 e. The maximum absolute atomic E-state index is 12.9. The minimum absolute atomic E-state index is 0.156. The molecular formula is C37H40N2O5. The largest absolute Gasteiger partial charge is 0.494 e. The van der Waals surface area contributed by atoms with Gasteiger partial charge in [0.25, 0.3) is 0 Å². The van der Waals surface area contributed by atoms with Gasteiger partial charge in [-0.25, -0.2) is 4.79 Å². The van der Waals surface area contributed by atoms with Gasteiger partial charge in [-0.1, -0.05) is 72.3 Å². The van der Waals surface area contributed by atoms with Crippen LogP contribution in [0.2, 0.25) is 0 Å². The van der Waals surface area contributed by atoms with Gasteiger partial charge in [0.1, 0.15) is 24.1 Å². The summed E-state index contributed by atoms with van der Waals surface area (Å²) in [6.45, 7) is 3.55. The van der Waals surface area contributed by atoms with Gasteiger partial charge in [-0.05, 0) is 86.6 Å². The Kier molecular flexibility index (Phi) is 10.5. The average molecular weight is 593 g/mol. The lowest BCUT2D eigenvalue weighted by molar-refractivity contribution is -0.138. The van der Waals surface area contributed by atoms with Crippen LogP contribution in [0.5, 0.6) is 11.5 Å². The lowest BCUT2D eigenvalue weighted by Gasteiger charge is -2.23. The molecule has 0 heterocycles. The Balaban J connectivity index is 1.09.